The van der Waals surface area contributed by atoms with Gasteiger partial charge in [0.1, 0.15) is 0 Å². The summed E-state index contributed by atoms with van der Waals surface area (Å²) in [5.74, 6) is 1.24. The van der Waals surface area contributed by atoms with Crippen molar-refractivity contribution in [2.24, 2.45) is 11.8 Å². The second kappa shape index (κ2) is 6.15. The lowest BCUT2D eigenvalue weighted by atomic mass is 9.88. The van der Waals surface area contributed by atoms with Crippen LogP contribution in [0.3, 0.4) is 0 Å². The monoisotopic (exact) mass is 278 g/mol. The molecule has 0 atom stereocenters. The molecule has 4 nitrogen and oxygen atoms in total. The van der Waals surface area contributed by atoms with Gasteiger partial charge in [0.2, 0.25) is 11.8 Å². The van der Waals surface area contributed by atoms with E-state index in [1.165, 1.54) is 19.3 Å². The van der Waals surface area contributed by atoms with Crippen LogP contribution in [0.4, 0.5) is 0 Å². The van der Waals surface area contributed by atoms with E-state index in [-0.39, 0.29) is 5.92 Å². The quantitative estimate of drug-likeness (QED) is 0.775. The molecule has 1 heterocycles. The van der Waals surface area contributed by atoms with E-state index in [1.54, 1.807) is 0 Å². The summed E-state index contributed by atoms with van der Waals surface area (Å²) in [5.41, 5.74) is 0. The van der Waals surface area contributed by atoms with E-state index in [1.807, 2.05) is 9.80 Å². The lowest BCUT2D eigenvalue weighted by Gasteiger charge is -2.28. The average Bonchev–Trinajstić information content (AvgIpc) is 3.33. The summed E-state index contributed by atoms with van der Waals surface area (Å²) in [4.78, 5) is 28.7. The van der Waals surface area contributed by atoms with E-state index in [2.05, 4.69) is 0 Å². The number of rotatable bonds is 2. The van der Waals surface area contributed by atoms with Crippen molar-refractivity contribution in [2.45, 2.75) is 51.4 Å². The molecule has 0 bridgehead atoms. The first-order chi connectivity index (χ1) is 9.75. The van der Waals surface area contributed by atoms with Gasteiger partial charge in [0.25, 0.3) is 0 Å². The van der Waals surface area contributed by atoms with Gasteiger partial charge in [0, 0.05) is 38.0 Å². The van der Waals surface area contributed by atoms with Crippen LogP contribution in [0, 0.1) is 11.8 Å². The molecular formula is C16H26N2O2. The minimum Gasteiger partial charge on any atom is -0.341 e. The van der Waals surface area contributed by atoms with Gasteiger partial charge in [-0.1, -0.05) is 19.3 Å². The van der Waals surface area contributed by atoms with Gasteiger partial charge in [0.05, 0.1) is 0 Å². The van der Waals surface area contributed by atoms with E-state index >= 15 is 0 Å². The average molecular weight is 278 g/mol. The largest absolute Gasteiger partial charge is 0.341 e. The smallest absolute Gasteiger partial charge is 0.225 e. The van der Waals surface area contributed by atoms with Gasteiger partial charge in [-0.3, -0.25) is 9.59 Å². The second-order valence-corrected chi connectivity index (χ2v) is 6.61. The third kappa shape index (κ3) is 3.15. The summed E-state index contributed by atoms with van der Waals surface area (Å²) < 4.78 is 0. The highest BCUT2D eigenvalue weighted by atomic mass is 16.2. The van der Waals surface area contributed by atoms with Gasteiger partial charge < -0.3 is 9.80 Å². The number of amides is 2. The minimum atomic E-state index is 0.259. The van der Waals surface area contributed by atoms with Crippen molar-refractivity contribution in [1.29, 1.82) is 0 Å². The fourth-order valence-corrected chi connectivity index (χ4v) is 3.55. The Morgan fingerprint density at radius 1 is 0.600 bits per heavy atom. The Morgan fingerprint density at radius 3 is 1.60 bits per heavy atom. The molecule has 0 aromatic rings. The molecule has 0 aromatic carbocycles. The Balaban J connectivity index is 1.53. The molecule has 112 valence electrons. The molecule has 2 saturated carbocycles. The van der Waals surface area contributed by atoms with Crippen LogP contribution in [0.1, 0.15) is 51.4 Å². The normalized spacial score (nSPS) is 25.4. The highest BCUT2D eigenvalue weighted by molar-refractivity contribution is 5.81. The van der Waals surface area contributed by atoms with E-state index in [0.29, 0.717) is 17.7 Å². The van der Waals surface area contributed by atoms with Gasteiger partial charge in [-0.05, 0) is 32.1 Å². The van der Waals surface area contributed by atoms with Gasteiger partial charge in [0.15, 0.2) is 0 Å². The topological polar surface area (TPSA) is 40.6 Å². The molecule has 0 aromatic heterocycles. The van der Waals surface area contributed by atoms with Crippen LogP contribution in [0.2, 0.25) is 0 Å². The standard InChI is InChI=1S/C16H26N2O2/c19-15(13-5-2-1-3-6-13)17-9-4-10-18(12-11-17)16(20)14-7-8-14/h13-14H,1-12H2. The van der Waals surface area contributed by atoms with Crippen molar-refractivity contribution in [3.05, 3.63) is 0 Å². The first-order valence-electron chi connectivity index (χ1n) is 8.33. The number of nitrogens with zero attached hydrogens (tertiary/aromatic N) is 2. The molecule has 2 amide bonds. The highest BCUT2D eigenvalue weighted by Gasteiger charge is 2.35. The number of hydrogen-bond acceptors (Lipinski definition) is 2. The lowest BCUT2D eigenvalue weighted by molar-refractivity contribution is -0.137. The predicted octanol–water partition coefficient (Wildman–Crippen LogP) is 2.04. The highest BCUT2D eigenvalue weighted by Crippen LogP contribution is 2.31. The Hall–Kier alpha value is -1.06. The summed E-state index contributed by atoms with van der Waals surface area (Å²) in [7, 11) is 0. The zero-order chi connectivity index (χ0) is 13.9. The van der Waals surface area contributed by atoms with E-state index in [0.717, 1.165) is 58.3 Å². The molecule has 4 heteroatoms. The first-order valence-corrected chi connectivity index (χ1v) is 8.33. The lowest BCUT2D eigenvalue weighted by Crippen LogP contribution is -2.40. The SMILES string of the molecule is O=C(C1CCCCC1)N1CCCN(C(=O)C2CC2)CC1. The van der Waals surface area contributed by atoms with Crippen LogP contribution in [0.5, 0.6) is 0 Å². The van der Waals surface area contributed by atoms with Crippen LogP contribution in [0.15, 0.2) is 0 Å². The van der Waals surface area contributed by atoms with Gasteiger partial charge >= 0.3 is 0 Å². The van der Waals surface area contributed by atoms with E-state index in [9.17, 15) is 9.59 Å². The number of carbonyl (C=O) groups excluding carboxylic acids is 2. The maximum absolute atomic E-state index is 12.6. The fourth-order valence-electron chi connectivity index (χ4n) is 3.55. The van der Waals surface area contributed by atoms with Gasteiger partial charge in [-0.25, -0.2) is 0 Å². The van der Waals surface area contributed by atoms with Crippen molar-refractivity contribution >= 4 is 11.8 Å². The van der Waals surface area contributed by atoms with Crippen LogP contribution >= 0.6 is 0 Å². The summed E-state index contributed by atoms with van der Waals surface area (Å²) in [6.45, 7) is 3.16. The molecule has 2 aliphatic carbocycles. The summed E-state index contributed by atoms with van der Waals surface area (Å²) >= 11 is 0. The fraction of sp³-hybridized carbons (Fsp3) is 0.875. The van der Waals surface area contributed by atoms with Crippen molar-refractivity contribution in [3.63, 3.8) is 0 Å². The summed E-state index contributed by atoms with van der Waals surface area (Å²) in [5, 5.41) is 0. The van der Waals surface area contributed by atoms with Crippen molar-refractivity contribution in [1.82, 2.24) is 9.80 Å². The zero-order valence-corrected chi connectivity index (χ0v) is 12.4. The molecule has 0 radical (unpaired) electrons. The van der Waals surface area contributed by atoms with Crippen molar-refractivity contribution in [2.75, 3.05) is 26.2 Å². The minimum absolute atomic E-state index is 0.259. The predicted molar refractivity (Wildman–Crippen MR) is 77.1 cm³/mol. The molecule has 1 aliphatic heterocycles. The molecule has 0 spiro atoms. The third-order valence-electron chi connectivity index (χ3n) is 5.00. The number of carbonyl (C=O) groups is 2. The Labute approximate surface area is 121 Å². The first kappa shape index (κ1) is 13.9. The number of hydrogen-bond donors (Lipinski definition) is 0. The van der Waals surface area contributed by atoms with Gasteiger partial charge in [-0.2, -0.15) is 0 Å². The van der Waals surface area contributed by atoms with Gasteiger partial charge in [-0.15, -0.1) is 0 Å². The Kier molecular flexibility index (Phi) is 4.27. The summed E-state index contributed by atoms with van der Waals surface area (Å²) in [6, 6.07) is 0. The molecule has 0 unspecified atom stereocenters. The van der Waals surface area contributed by atoms with Crippen LogP contribution in [0.25, 0.3) is 0 Å². The molecule has 3 aliphatic rings. The molecule has 0 N–H and O–H groups in total. The van der Waals surface area contributed by atoms with Crippen LogP contribution in [-0.2, 0) is 9.59 Å². The Morgan fingerprint density at radius 2 is 1.10 bits per heavy atom. The Bertz CT molecular complexity index is 373. The zero-order valence-electron chi connectivity index (χ0n) is 12.4. The van der Waals surface area contributed by atoms with E-state index in [4.69, 9.17) is 0 Å². The summed E-state index contributed by atoms with van der Waals surface area (Å²) in [6.07, 6.45) is 8.91. The third-order valence-corrected chi connectivity index (χ3v) is 5.00. The molecule has 3 rings (SSSR count). The molecule has 3 fully saturated rings. The van der Waals surface area contributed by atoms with Crippen LogP contribution < -0.4 is 0 Å². The molecular weight excluding hydrogens is 252 g/mol. The maximum atomic E-state index is 12.6. The van der Waals surface area contributed by atoms with Crippen molar-refractivity contribution in [3.8, 4) is 0 Å². The molecule has 1 saturated heterocycles. The van der Waals surface area contributed by atoms with E-state index < -0.39 is 0 Å². The molecule has 20 heavy (non-hydrogen) atoms. The van der Waals surface area contributed by atoms with Crippen molar-refractivity contribution < 1.29 is 9.59 Å². The maximum Gasteiger partial charge on any atom is 0.225 e. The van der Waals surface area contributed by atoms with Crippen LogP contribution in [-0.4, -0.2) is 47.8 Å². The second-order valence-electron chi connectivity index (χ2n) is 6.61.